The SMILES string of the molecule is COc1cc2c(Nc3ccc(C)c(Cl)c3F)ncnc2cc1OC[C@@H]1C[C@@H]2CN(S(C)(=O)=O)C[C@@H]2C1. The highest BCUT2D eigenvalue weighted by Crippen LogP contribution is 2.43. The van der Waals surface area contributed by atoms with Crippen molar-refractivity contribution in [3.8, 4) is 11.5 Å². The summed E-state index contributed by atoms with van der Waals surface area (Å²) in [6.45, 7) is 3.44. The third-order valence-electron chi connectivity index (χ3n) is 7.21. The van der Waals surface area contributed by atoms with E-state index in [4.69, 9.17) is 21.1 Å². The maximum Gasteiger partial charge on any atom is 0.211 e. The Morgan fingerprint density at radius 2 is 1.89 bits per heavy atom. The van der Waals surface area contributed by atoms with Crippen molar-refractivity contribution in [3.05, 3.63) is 47.0 Å². The van der Waals surface area contributed by atoms with Gasteiger partial charge in [0.05, 0.1) is 36.2 Å². The zero-order valence-electron chi connectivity index (χ0n) is 20.3. The molecule has 1 aliphatic heterocycles. The van der Waals surface area contributed by atoms with E-state index in [0.29, 0.717) is 71.2 Å². The largest absolute Gasteiger partial charge is 0.493 e. The summed E-state index contributed by atoms with van der Waals surface area (Å²) in [6, 6.07) is 6.92. The van der Waals surface area contributed by atoms with Crippen LogP contribution in [0.25, 0.3) is 10.9 Å². The molecule has 0 unspecified atom stereocenters. The first-order valence-corrected chi connectivity index (χ1v) is 14.0. The molecule has 3 atom stereocenters. The molecule has 1 saturated heterocycles. The third-order valence-corrected chi connectivity index (χ3v) is 8.91. The van der Waals surface area contributed by atoms with Gasteiger partial charge in [0.2, 0.25) is 10.0 Å². The van der Waals surface area contributed by atoms with Gasteiger partial charge in [-0.25, -0.2) is 27.1 Å². The summed E-state index contributed by atoms with van der Waals surface area (Å²) in [5.41, 5.74) is 1.48. The molecule has 2 fully saturated rings. The maximum atomic E-state index is 14.7. The van der Waals surface area contributed by atoms with Crippen molar-refractivity contribution >= 4 is 44.0 Å². The molecule has 0 radical (unpaired) electrons. The molecule has 36 heavy (non-hydrogen) atoms. The van der Waals surface area contributed by atoms with Gasteiger partial charge in [-0.3, -0.25) is 0 Å². The van der Waals surface area contributed by atoms with E-state index >= 15 is 0 Å². The van der Waals surface area contributed by atoms with Crippen molar-refractivity contribution in [3.63, 3.8) is 0 Å². The number of anilines is 2. The standard InChI is InChI=1S/C25H28ClFN4O4S/c1-14-4-5-19(24(27)23(14)26)30-25-18-8-21(34-2)22(9-20(18)28-13-29-25)35-12-15-6-16-10-31(36(3,32)33)11-17(16)7-15/h4-5,8-9,13,15-17H,6-7,10-12H2,1-3H3,(H,28,29,30)/t15-,16-,17+. The van der Waals surface area contributed by atoms with E-state index in [2.05, 4.69) is 15.3 Å². The van der Waals surface area contributed by atoms with Gasteiger partial charge in [-0.1, -0.05) is 17.7 Å². The van der Waals surface area contributed by atoms with Gasteiger partial charge >= 0.3 is 0 Å². The Morgan fingerprint density at radius 1 is 1.17 bits per heavy atom. The minimum Gasteiger partial charge on any atom is -0.493 e. The minimum absolute atomic E-state index is 0.0618. The average Bonchev–Trinajstić information content (AvgIpc) is 3.42. The molecule has 192 valence electrons. The van der Waals surface area contributed by atoms with E-state index in [9.17, 15) is 12.8 Å². The lowest BCUT2D eigenvalue weighted by atomic mass is 10.0. The molecule has 1 N–H and O–H groups in total. The van der Waals surface area contributed by atoms with E-state index < -0.39 is 15.8 Å². The molecule has 1 saturated carbocycles. The predicted molar refractivity (Wildman–Crippen MR) is 137 cm³/mol. The van der Waals surface area contributed by atoms with Crippen LogP contribution in [0.15, 0.2) is 30.6 Å². The van der Waals surface area contributed by atoms with Crippen molar-refractivity contribution < 1.29 is 22.3 Å². The van der Waals surface area contributed by atoms with Crippen molar-refractivity contribution in [1.82, 2.24) is 14.3 Å². The lowest BCUT2D eigenvalue weighted by molar-refractivity contribution is 0.231. The molecule has 3 aromatic rings. The number of nitrogens with zero attached hydrogens (tertiary/aromatic N) is 3. The molecule has 2 aliphatic rings. The van der Waals surface area contributed by atoms with Gasteiger partial charge < -0.3 is 14.8 Å². The van der Waals surface area contributed by atoms with Gasteiger partial charge in [0.25, 0.3) is 0 Å². The van der Waals surface area contributed by atoms with E-state index in [-0.39, 0.29) is 10.7 Å². The minimum atomic E-state index is -3.14. The molecule has 0 spiro atoms. The van der Waals surface area contributed by atoms with Crippen LogP contribution in [0.5, 0.6) is 11.5 Å². The fourth-order valence-corrected chi connectivity index (χ4v) is 6.39. The molecule has 2 heterocycles. The zero-order chi connectivity index (χ0) is 25.6. The van der Waals surface area contributed by atoms with E-state index in [1.165, 1.54) is 12.6 Å². The molecule has 8 nitrogen and oxygen atoms in total. The summed E-state index contributed by atoms with van der Waals surface area (Å²) >= 11 is 6.07. The van der Waals surface area contributed by atoms with Gasteiger partial charge in [-0.05, 0) is 55.2 Å². The van der Waals surface area contributed by atoms with Gasteiger partial charge in [0.15, 0.2) is 17.3 Å². The Morgan fingerprint density at radius 3 is 2.56 bits per heavy atom. The fraction of sp³-hybridized carbons (Fsp3) is 0.440. The van der Waals surface area contributed by atoms with Gasteiger partial charge in [0, 0.05) is 24.5 Å². The van der Waals surface area contributed by atoms with Crippen molar-refractivity contribution in [1.29, 1.82) is 0 Å². The first-order chi connectivity index (χ1) is 17.1. The highest BCUT2D eigenvalue weighted by molar-refractivity contribution is 7.88. The quantitative estimate of drug-likeness (QED) is 0.466. The van der Waals surface area contributed by atoms with Crippen LogP contribution in [0.2, 0.25) is 5.02 Å². The monoisotopic (exact) mass is 534 g/mol. The number of rotatable bonds is 7. The molecular formula is C25H28ClFN4O4S. The number of benzene rings is 2. The van der Waals surface area contributed by atoms with Crippen LogP contribution in [-0.4, -0.2) is 55.8 Å². The van der Waals surface area contributed by atoms with Gasteiger partial charge in [-0.2, -0.15) is 0 Å². The van der Waals surface area contributed by atoms with Crippen molar-refractivity contribution in [2.45, 2.75) is 19.8 Å². The summed E-state index contributed by atoms with van der Waals surface area (Å²) in [7, 11) is -1.58. The van der Waals surface area contributed by atoms with Crippen LogP contribution in [0.3, 0.4) is 0 Å². The van der Waals surface area contributed by atoms with Crippen LogP contribution in [-0.2, 0) is 10.0 Å². The van der Waals surface area contributed by atoms with E-state index in [0.717, 1.165) is 12.8 Å². The number of aryl methyl sites for hydroxylation is 1. The molecule has 0 amide bonds. The topological polar surface area (TPSA) is 93.7 Å². The Balaban J connectivity index is 1.32. The first-order valence-electron chi connectivity index (χ1n) is 11.8. The molecule has 11 heteroatoms. The predicted octanol–water partition coefficient (Wildman–Crippen LogP) is 4.78. The molecular weight excluding hydrogens is 507 g/mol. The number of halogens is 2. The summed E-state index contributed by atoms with van der Waals surface area (Å²) in [5.74, 6) is 2.06. The number of methoxy groups -OCH3 is 1. The number of ether oxygens (including phenoxy) is 2. The number of nitrogens with one attached hydrogen (secondary N) is 1. The highest BCUT2D eigenvalue weighted by atomic mass is 35.5. The number of hydrogen-bond donors (Lipinski definition) is 1. The van der Waals surface area contributed by atoms with Crippen LogP contribution in [0.1, 0.15) is 18.4 Å². The van der Waals surface area contributed by atoms with Crippen molar-refractivity contribution in [2.75, 3.05) is 38.4 Å². The highest BCUT2D eigenvalue weighted by Gasteiger charge is 2.43. The normalized spacial score (nSPS) is 22.1. The summed E-state index contributed by atoms with van der Waals surface area (Å²) < 4.78 is 51.7. The lowest BCUT2D eigenvalue weighted by Gasteiger charge is -2.18. The number of sulfonamides is 1. The first kappa shape index (κ1) is 25.0. The summed E-state index contributed by atoms with van der Waals surface area (Å²) in [4.78, 5) is 8.65. The molecule has 1 aliphatic carbocycles. The average molecular weight is 535 g/mol. The zero-order valence-corrected chi connectivity index (χ0v) is 21.9. The molecule has 0 bridgehead atoms. The fourth-order valence-electron chi connectivity index (χ4n) is 5.30. The maximum absolute atomic E-state index is 14.7. The van der Waals surface area contributed by atoms with E-state index in [1.54, 1.807) is 42.6 Å². The Labute approximate surface area is 214 Å². The van der Waals surface area contributed by atoms with Crippen LogP contribution >= 0.6 is 11.6 Å². The molecule has 2 aromatic carbocycles. The van der Waals surface area contributed by atoms with Crippen LogP contribution < -0.4 is 14.8 Å². The Hall–Kier alpha value is -2.69. The summed E-state index contributed by atoms with van der Waals surface area (Å²) in [6.07, 6.45) is 4.55. The van der Waals surface area contributed by atoms with Crippen LogP contribution in [0, 0.1) is 30.5 Å². The molecule has 1 aromatic heterocycles. The second kappa shape index (κ2) is 9.64. The number of aromatic nitrogens is 2. The number of fused-ring (bicyclic) bond motifs is 2. The molecule has 5 rings (SSSR count). The third kappa shape index (κ3) is 4.81. The summed E-state index contributed by atoms with van der Waals surface area (Å²) in [5, 5.41) is 3.72. The van der Waals surface area contributed by atoms with Gasteiger partial charge in [0.1, 0.15) is 12.1 Å². The lowest BCUT2D eigenvalue weighted by Crippen LogP contribution is -2.29. The Kier molecular flexibility index (Phi) is 6.69. The number of hydrogen-bond acceptors (Lipinski definition) is 7. The second-order valence-corrected chi connectivity index (χ2v) is 12.0. The Bertz CT molecular complexity index is 1410. The second-order valence-electron chi connectivity index (χ2n) is 9.67. The van der Waals surface area contributed by atoms with Crippen molar-refractivity contribution in [2.24, 2.45) is 17.8 Å². The smallest absolute Gasteiger partial charge is 0.211 e. The van der Waals surface area contributed by atoms with Gasteiger partial charge in [-0.15, -0.1) is 0 Å². The van der Waals surface area contributed by atoms with Crippen LogP contribution in [0.4, 0.5) is 15.9 Å². The van der Waals surface area contributed by atoms with E-state index in [1.807, 2.05) is 0 Å².